The zero-order valence-electron chi connectivity index (χ0n) is 15.1. The summed E-state index contributed by atoms with van der Waals surface area (Å²) in [6, 6.07) is 20.3. The first-order valence-electron chi connectivity index (χ1n) is 8.74. The number of nitrogens with one attached hydrogen (secondary N) is 1. The van der Waals surface area contributed by atoms with Crippen LogP contribution in [0, 0.1) is 6.92 Å². The van der Waals surface area contributed by atoms with E-state index in [2.05, 4.69) is 10.3 Å². The van der Waals surface area contributed by atoms with E-state index in [0.29, 0.717) is 27.9 Å². The lowest BCUT2D eigenvalue weighted by molar-refractivity contribution is -0.118. The summed E-state index contributed by atoms with van der Waals surface area (Å²) in [6.45, 7) is 1.81. The Morgan fingerprint density at radius 3 is 2.71 bits per heavy atom. The number of nitrogens with zero attached hydrogens (tertiary/aromatic N) is 1. The average molecular weight is 393 g/mol. The fourth-order valence-electron chi connectivity index (χ4n) is 2.80. The zero-order chi connectivity index (χ0) is 19.5. The van der Waals surface area contributed by atoms with Crippen molar-refractivity contribution in [3.63, 3.8) is 0 Å². The van der Waals surface area contributed by atoms with Crippen LogP contribution in [-0.2, 0) is 4.79 Å². The number of amides is 1. The molecule has 3 aromatic carbocycles. The number of anilines is 1. The van der Waals surface area contributed by atoms with Crippen molar-refractivity contribution in [2.45, 2.75) is 6.92 Å². The van der Waals surface area contributed by atoms with Gasteiger partial charge < -0.3 is 14.5 Å². The number of aryl methyl sites for hydroxylation is 1. The van der Waals surface area contributed by atoms with Gasteiger partial charge in [0.15, 0.2) is 12.2 Å². The molecule has 140 valence electrons. The first-order valence-corrected chi connectivity index (χ1v) is 9.12. The van der Waals surface area contributed by atoms with Gasteiger partial charge in [-0.1, -0.05) is 41.9 Å². The van der Waals surface area contributed by atoms with E-state index in [9.17, 15) is 4.79 Å². The lowest BCUT2D eigenvalue weighted by Gasteiger charge is -2.11. The number of benzene rings is 3. The molecule has 0 atom stereocenters. The fourth-order valence-corrected chi connectivity index (χ4v) is 2.96. The molecule has 0 radical (unpaired) electrons. The minimum Gasteiger partial charge on any atom is -0.483 e. The first kappa shape index (κ1) is 18.1. The van der Waals surface area contributed by atoms with E-state index in [4.69, 9.17) is 20.8 Å². The van der Waals surface area contributed by atoms with Crippen LogP contribution in [0.1, 0.15) is 5.56 Å². The van der Waals surface area contributed by atoms with Crippen LogP contribution in [-0.4, -0.2) is 17.5 Å². The minimum atomic E-state index is -0.306. The summed E-state index contributed by atoms with van der Waals surface area (Å²) in [5, 5.41) is 3.20. The molecule has 4 aromatic rings. The molecule has 0 saturated heterocycles. The van der Waals surface area contributed by atoms with Crippen molar-refractivity contribution in [2.75, 3.05) is 11.9 Å². The number of oxazole rings is 1. The largest absolute Gasteiger partial charge is 0.483 e. The van der Waals surface area contributed by atoms with Crippen LogP contribution >= 0.6 is 11.6 Å². The van der Waals surface area contributed by atoms with Crippen LogP contribution in [0.3, 0.4) is 0 Å². The summed E-state index contributed by atoms with van der Waals surface area (Å²) in [6.07, 6.45) is 0. The SMILES string of the molecule is Cc1ccccc1OCC(=O)Nc1cc(-c2nc3ccccc3o2)ccc1Cl. The Morgan fingerprint density at radius 2 is 1.89 bits per heavy atom. The Balaban J connectivity index is 1.50. The summed E-state index contributed by atoms with van der Waals surface area (Å²) in [5.41, 5.74) is 3.62. The topological polar surface area (TPSA) is 64.4 Å². The highest BCUT2D eigenvalue weighted by Gasteiger charge is 2.12. The zero-order valence-corrected chi connectivity index (χ0v) is 15.9. The molecule has 0 bridgehead atoms. The minimum absolute atomic E-state index is 0.117. The maximum absolute atomic E-state index is 12.3. The van der Waals surface area contributed by atoms with Crippen LogP contribution in [0.4, 0.5) is 5.69 Å². The quantitative estimate of drug-likeness (QED) is 0.488. The molecule has 1 amide bonds. The lowest BCUT2D eigenvalue weighted by atomic mass is 10.2. The number of carbonyl (C=O) groups excluding carboxylic acids is 1. The van der Waals surface area contributed by atoms with E-state index < -0.39 is 0 Å². The molecule has 0 saturated carbocycles. The van der Waals surface area contributed by atoms with Crippen LogP contribution in [0.15, 0.2) is 71.1 Å². The van der Waals surface area contributed by atoms with Gasteiger partial charge in [-0.05, 0) is 48.9 Å². The summed E-state index contributed by atoms with van der Waals surface area (Å²) in [7, 11) is 0. The van der Waals surface area contributed by atoms with Gasteiger partial charge in [0, 0.05) is 5.56 Å². The summed E-state index contributed by atoms with van der Waals surface area (Å²) < 4.78 is 11.4. The number of carbonyl (C=O) groups is 1. The first-order chi connectivity index (χ1) is 13.6. The number of rotatable bonds is 5. The fraction of sp³-hybridized carbons (Fsp3) is 0.0909. The lowest BCUT2D eigenvalue weighted by Crippen LogP contribution is -2.20. The van der Waals surface area contributed by atoms with Gasteiger partial charge in [0.05, 0.1) is 10.7 Å². The monoisotopic (exact) mass is 392 g/mol. The Kier molecular flexibility index (Phi) is 5.00. The van der Waals surface area contributed by atoms with E-state index in [1.54, 1.807) is 18.2 Å². The Bertz CT molecular complexity index is 1120. The molecule has 6 heteroatoms. The van der Waals surface area contributed by atoms with Crippen LogP contribution < -0.4 is 10.1 Å². The highest BCUT2D eigenvalue weighted by Crippen LogP contribution is 2.30. The molecular formula is C22H17ClN2O3. The Hall–Kier alpha value is -3.31. The maximum Gasteiger partial charge on any atom is 0.262 e. The molecule has 0 aliphatic rings. The van der Waals surface area contributed by atoms with Crippen LogP contribution in [0.25, 0.3) is 22.6 Å². The Morgan fingerprint density at radius 1 is 1.11 bits per heavy atom. The second-order valence-corrected chi connectivity index (χ2v) is 6.69. The molecule has 0 aliphatic carbocycles. The number of para-hydroxylation sites is 3. The third kappa shape index (κ3) is 3.85. The number of ether oxygens (including phenoxy) is 1. The molecule has 1 heterocycles. The highest BCUT2D eigenvalue weighted by atomic mass is 35.5. The summed E-state index contributed by atoms with van der Waals surface area (Å²) >= 11 is 6.24. The average Bonchev–Trinajstić information content (AvgIpc) is 3.13. The molecule has 0 spiro atoms. The van der Waals surface area contributed by atoms with Crippen molar-refractivity contribution in [3.8, 4) is 17.2 Å². The third-order valence-corrected chi connectivity index (χ3v) is 4.56. The number of aromatic nitrogens is 1. The Labute approximate surface area is 166 Å². The van der Waals surface area contributed by atoms with E-state index in [0.717, 1.165) is 16.6 Å². The van der Waals surface area contributed by atoms with Gasteiger partial charge in [-0.2, -0.15) is 0 Å². The van der Waals surface area contributed by atoms with Gasteiger partial charge in [0.2, 0.25) is 5.89 Å². The van der Waals surface area contributed by atoms with Crippen LogP contribution in [0.2, 0.25) is 5.02 Å². The van der Waals surface area contributed by atoms with Gasteiger partial charge in [-0.25, -0.2) is 4.98 Å². The molecule has 4 rings (SSSR count). The van der Waals surface area contributed by atoms with E-state index in [-0.39, 0.29) is 12.5 Å². The van der Waals surface area contributed by atoms with Gasteiger partial charge >= 0.3 is 0 Å². The van der Waals surface area contributed by atoms with Gasteiger partial charge in [-0.3, -0.25) is 4.79 Å². The van der Waals surface area contributed by atoms with Gasteiger partial charge in [0.25, 0.3) is 5.91 Å². The molecular weight excluding hydrogens is 376 g/mol. The molecule has 1 N–H and O–H groups in total. The third-order valence-electron chi connectivity index (χ3n) is 4.23. The molecule has 5 nitrogen and oxygen atoms in total. The number of hydrogen-bond donors (Lipinski definition) is 1. The molecule has 0 unspecified atom stereocenters. The van der Waals surface area contributed by atoms with Crippen LogP contribution in [0.5, 0.6) is 5.75 Å². The van der Waals surface area contributed by atoms with Crippen molar-refractivity contribution in [1.82, 2.24) is 4.98 Å². The number of halogens is 1. The maximum atomic E-state index is 12.3. The molecule has 28 heavy (non-hydrogen) atoms. The van der Waals surface area contributed by atoms with Gasteiger partial charge in [-0.15, -0.1) is 0 Å². The predicted molar refractivity (Wildman–Crippen MR) is 110 cm³/mol. The second-order valence-electron chi connectivity index (χ2n) is 6.28. The predicted octanol–water partition coefficient (Wildman–Crippen LogP) is 5.47. The normalized spacial score (nSPS) is 10.8. The molecule has 1 aromatic heterocycles. The molecule has 0 fully saturated rings. The van der Waals surface area contributed by atoms with Crippen molar-refractivity contribution < 1.29 is 13.9 Å². The summed E-state index contributed by atoms with van der Waals surface area (Å²) in [5.74, 6) is 0.827. The van der Waals surface area contributed by atoms with Gasteiger partial charge in [0.1, 0.15) is 11.3 Å². The van der Waals surface area contributed by atoms with E-state index in [1.165, 1.54) is 0 Å². The number of hydrogen-bond acceptors (Lipinski definition) is 4. The highest BCUT2D eigenvalue weighted by molar-refractivity contribution is 6.33. The molecule has 0 aliphatic heterocycles. The second kappa shape index (κ2) is 7.74. The smallest absolute Gasteiger partial charge is 0.262 e. The van der Waals surface area contributed by atoms with Crippen molar-refractivity contribution in [1.29, 1.82) is 0 Å². The van der Waals surface area contributed by atoms with Crippen molar-refractivity contribution in [3.05, 3.63) is 77.3 Å². The van der Waals surface area contributed by atoms with E-state index >= 15 is 0 Å². The van der Waals surface area contributed by atoms with Crippen molar-refractivity contribution in [2.24, 2.45) is 0 Å². The summed E-state index contributed by atoms with van der Waals surface area (Å²) in [4.78, 5) is 16.8. The van der Waals surface area contributed by atoms with Crippen molar-refractivity contribution >= 4 is 34.3 Å². The number of fused-ring (bicyclic) bond motifs is 1. The standard InChI is InChI=1S/C22H17ClN2O3/c1-14-6-2-4-8-19(14)27-13-21(26)24-18-12-15(10-11-16(18)23)22-25-17-7-3-5-9-20(17)28-22/h2-12H,13H2,1H3,(H,24,26). The van der Waals surface area contributed by atoms with E-state index in [1.807, 2.05) is 55.5 Å².